The van der Waals surface area contributed by atoms with Gasteiger partial charge < -0.3 is 10.2 Å². The second-order valence-electron chi connectivity index (χ2n) is 6.34. The van der Waals surface area contributed by atoms with Crippen molar-refractivity contribution in [1.29, 1.82) is 0 Å². The van der Waals surface area contributed by atoms with Crippen molar-refractivity contribution in [2.45, 2.75) is 19.1 Å². The van der Waals surface area contributed by atoms with Crippen LogP contribution in [0.3, 0.4) is 0 Å². The van der Waals surface area contributed by atoms with Crippen LogP contribution in [0.25, 0.3) is 0 Å². The van der Waals surface area contributed by atoms with Crippen molar-refractivity contribution in [2.75, 3.05) is 11.9 Å². The number of halogens is 4. The van der Waals surface area contributed by atoms with Crippen molar-refractivity contribution >= 4 is 29.1 Å². The molecule has 8 heteroatoms. The number of anilines is 1. The summed E-state index contributed by atoms with van der Waals surface area (Å²) in [6.45, 7) is 0.613. The molecule has 1 aliphatic heterocycles. The van der Waals surface area contributed by atoms with E-state index in [9.17, 15) is 22.8 Å². The summed E-state index contributed by atoms with van der Waals surface area (Å²) in [5.41, 5.74) is -0.0831. The fourth-order valence-corrected chi connectivity index (χ4v) is 3.19. The molecule has 0 aliphatic carbocycles. The highest BCUT2D eigenvalue weighted by Crippen LogP contribution is 2.36. The molecule has 1 aliphatic rings. The van der Waals surface area contributed by atoms with Crippen molar-refractivity contribution in [3.8, 4) is 0 Å². The molecule has 1 heterocycles. The Labute approximate surface area is 158 Å². The van der Waals surface area contributed by atoms with Gasteiger partial charge in [-0.05, 0) is 23.8 Å². The zero-order valence-corrected chi connectivity index (χ0v) is 14.8. The first kappa shape index (κ1) is 19.2. The van der Waals surface area contributed by atoms with Crippen LogP contribution in [0, 0.1) is 5.92 Å². The van der Waals surface area contributed by atoms with E-state index in [0.29, 0.717) is 6.54 Å². The summed E-state index contributed by atoms with van der Waals surface area (Å²) in [5.74, 6) is -1.27. The molecule has 1 fully saturated rings. The van der Waals surface area contributed by atoms with Crippen LogP contribution in [0.4, 0.5) is 18.9 Å². The number of alkyl halides is 3. The second-order valence-corrected chi connectivity index (χ2v) is 6.75. The summed E-state index contributed by atoms with van der Waals surface area (Å²) in [5, 5.41) is 2.01. The van der Waals surface area contributed by atoms with Gasteiger partial charge in [-0.3, -0.25) is 9.59 Å². The van der Waals surface area contributed by atoms with Gasteiger partial charge in [-0.15, -0.1) is 0 Å². The van der Waals surface area contributed by atoms with Crippen LogP contribution in [-0.2, 0) is 22.3 Å². The molecular weight excluding hydrogens is 381 g/mol. The highest BCUT2D eigenvalue weighted by atomic mass is 35.5. The molecule has 2 aromatic rings. The highest BCUT2D eigenvalue weighted by Gasteiger charge is 2.36. The van der Waals surface area contributed by atoms with Gasteiger partial charge in [0.1, 0.15) is 0 Å². The van der Waals surface area contributed by atoms with Gasteiger partial charge in [-0.1, -0.05) is 41.9 Å². The zero-order valence-electron chi connectivity index (χ0n) is 14.1. The van der Waals surface area contributed by atoms with E-state index < -0.39 is 28.6 Å². The lowest BCUT2D eigenvalue weighted by molar-refractivity contribution is -0.137. The van der Waals surface area contributed by atoms with Gasteiger partial charge in [-0.25, -0.2) is 0 Å². The number of likely N-dealkylation sites (tertiary alicyclic amines) is 1. The average molecular weight is 397 g/mol. The van der Waals surface area contributed by atoms with E-state index in [4.69, 9.17) is 11.6 Å². The minimum atomic E-state index is -4.62. The summed E-state index contributed by atoms with van der Waals surface area (Å²) in [7, 11) is 0. The van der Waals surface area contributed by atoms with Crippen LogP contribution in [0.5, 0.6) is 0 Å². The van der Waals surface area contributed by atoms with E-state index in [-0.39, 0.29) is 24.6 Å². The number of nitrogens with zero attached hydrogens (tertiary/aromatic N) is 1. The average Bonchev–Trinajstić information content (AvgIpc) is 2.97. The standard InChI is InChI=1S/C19H16ClF3N2O2/c20-16-7-6-14(9-15(16)19(21,22)23)24-18(27)13-8-17(26)25(11-13)10-12-4-2-1-3-5-12/h1-7,9,13H,8,10-11H2,(H,24,27)/t13-/m1/s1. The van der Waals surface area contributed by atoms with Gasteiger partial charge in [0.25, 0.3) is 0 Å². The molecule has 3 rings (SSSR count). The second kappa shape index (κ2) is 7.60. The lowest BCUT2D eigenvalue weighted by Gasteiger charge is -2.17. The fourth-order valence-electron chi connectivity index (χ4n) is 2.97. The molecule has 2 amide bonds. The Morgan fingerprint density at radius 1 is 1.19 bits per heavy atom. The first-order valence-corrected chi connectivity index (χ1v) is 8.61. The van der Waals surface area contributed by atoms with Gasteiger partial charge in [-0.2, -0.15) is 13.2 Å². The van der Waals surface area contributed by atoms with Gasteiger partial charge in [0.15, 0.2) is 0 Å². The SMILES string of the molecule is O=C(Nc1ccc(Cl)c(C(F)(F)F)c1)[C@@H]1CC(=O)N(Cc2ccccc2)C1. The number of rotatable bonds is 4. The monoisotopic (exact) mass is 396 g/mol. The molecule has 0 saturated carbocycles. The third kappa shape index (κ3) is 4.60. The van der Waals surface area contributed by atoms with Crippen molar-refractivity contribution in [3.05, 3.63) is 64.7 Å². The van der Waals surface area contributed by atoms with Crippen molar-refractivity contribution in [3.63, 3.8) is 0 Å². The molecule has 4 nitrogen and oxygen atoms in total. The van der Waals surface area contributed by atoms with Crippen LogP contribution in [0.1, 0.15) is 17.5 Å². The Morgan fingerprint density at radius 2 is 1.89 bits per heavy atom. The van der Waals surface area contributed by atoms with E-state index in [1.165, 1.54) is 6.07 Å². The number of nitrogens with one attached hydrogen (secondary N) is 1. The molecule has 0 spiro atoms. The Kier molecular flexibility index (Phi) is 5.41. The minimum Gasteiger partial charge on any atom is -0.338 e. The van der Waals surface area contributed by atoms with Gasteiger partial charge in [0, 0.05) is 25.2 Å². The predicted octanol–water partition coefficient (Wildman–Crippen LogP) is 4.35. The van der Waals surface area contributed by atoms with E-state index in [1.54, 1.807) is 4.90 Å². The number of hydrogen-bond donors (Lipinski definition) is 1. The maximum atomic E-state index is 12.9. The van der Waals surface area contributed by atoms with Crippen LogP contribution in [0.2, 0.25) is 5.02 Å². The Balaban J connectivity index is 1.66. The number of benzene rings is 2. The summed E-state index contributed by atoms with van der Waals surface area (Å²) < 4.78 is 38.8. The van der Waals surface area contributed by atoms with Gasteiger partial charge in [0.05, 0.1) is 16.5 Å². The van der Waals surface area contributed by atoms with Crippen LogP contribution in [-0.4, -0.2) is 23.3 Å². The quantitative estimate of drug-likeness (QED) is 0.835. The minimum absolute atomic E-state index is 0.00863. The Hall–Kier alpha value is -2.54. The van der Waals surface area contributed by atoms with E-state index in [0.717, 1.165) is 17.7 Å². The molecule has 1 saturated heterocycles. The maximum Gasteiger partial charge on any atom is 0.417 e. The first-order valence-electron chi connectivity index (χ1n) is 8.23. The van der Waals surface area contributed by atoms with E-state index in [1.807, 2.05) is 30.3 Å². The van der Waals surface area contributed by atoms with Crippen molar-refractivity contribution in [2.24, 2.45) is 5.92 Å². The van der Waals surface area contributed by atoms with Crippen molar-refractivity contribution in [1.82, 2.24) is 4.90 Å². The third-order valence-corrected chi connectivity index (χ3v) is 4.67. The predicted molar refractivity (Wildman–Crippen MR) is 95.0 cm³/mol. The number of carbonyl (C=O) groups excluding carboxylic acids is 2. The Morgan fingerprint density at radius 3 is 2.56 bits per heavy atom. The van der Waals surface area contributed by atoms with Gasteiger partial charge in [0.2, 0.25) is 11.8 Å². The molecule has 0 aromatic heterocycles. The topological polar surface area (TPSA) is 49.4 Å². The number of hydrogen-bond acceptors (Lipinski definition) is 2. The molecule has 142 valence electrons. The van der Waals surface area contributed by atoms with Crippen LogP contribution < -0.4 is 5.32 Å². The van der Waals surface area contributed by atoms with Gasteiger partial charge >= 0.3 is 6.18 Å². The lowest BCUT2D eigenvalue weighted by atomic mass is 10.1. The lowest BCUT2D eigenvalue weighted by Crippen LogP contribution is -2.28. The molecule has 1 N–H and O–H groups in total. The number of carbonyl (C=O) groups is 2. The normalized spacial score (nSPS) is 17.3. The van der Waals surface area contributed by atoms with E-state index >= 15 is 0 Å². The smallest absolute Gasteiger partial charge is 0.338 e. The fraction of sp³-hybridized carbons (Fsp3) is 0.263. The highest BCUT2D eigenvalue weighted by molar-refractivity contribution is 6.31. The largest absolute Gasteiger partial charge is 0.417 e. The van der Waals surface area contributed by atoms with E-state index in [2.05, 4.69) is 5.32 Å². The summed E-state index contributed by atoms with van der Waals surface area (Å²) in [6.07, 6.45) is -4.59. The number of amides is 2. The molecule has 0 unspecified atom stereocenters. The molecule has 27 heavy (non-hydrogen) atoms. The summed E-state index contributed by atoms with van der Waals surface area (Å²) in [6, 6.07) is 12.5. The summed E-state index contributed by atoms with van der Waals surface area (Å²) in [4.78, 5) is 26.1. The van der Waals surface area contributed by atoms with Crippen LogP contribution in [0.15, 0.2) is 48.5 Å². The third-order valence-electron chi connectivity index (χ3n) is 4.34. The Bertz CT molecular complexity index is 856. The molecule has 1 atom stereocenters. The first-order chi connectivity index (χ1) is 12.7. The van der Waals surface area contributed by atoms with Crippen molar-refractivity contribution < 1.29 is 22.8 Å². The molecule has 0 bridgehead atoms. The summed E-state index contributed by atoms with van der Waals surface area (Å²) >= 11 is 5.58. The zero-order chi connectivity index (χ0) is 19.6. The molecule has 2 aromatic carbocycles. The molecule has 0 radical (unpaired) electrons. The van der Waals surface area contributed by atoms with Crippen LogP contribution >= 0.6 is 11.6 Å². The molecular formula is C19H16ClF3N2O2. The maximum absolute atomic E-state index is 12.9.